The first-order valence-electron chi connectivity index (χ1n) is 9.38. The summed E-state index contributed by atoms with van der Waals surface area (Å²) in [6.07, 6.45) is 1.98. The fourth-order valence-electron chi connectivity index (χ4n) is 4.01. The maximum Gasteiger partial charge on any atom is 0.183 e. The minimum absolute atomic E-state index is 0.0463. The molecule has 0 unspecified atom stereocenters. The van der Waals surface area contributed by atoms with Crippen molar-refractivity contribution in [2.75, 3.05) is 24.6 Å². The molecule has 0 aliphatic carbocycles. The molecule has 0 radical (unpaired) electrons. The van der Waals surface area contributed by atoms with Crippen LogP contribution in [0.3, 0.4) is 0 Å². The molecular weight excluding hydrogens is 370 g/mol. The molecule has 146 valence electrons. The molecule has 1 aromatic rings. The molecule has 7 heteroatoms. The van der Waals surface area contributed by atoms with Crippen LogP contribution in [0.15, 0.2) is 29.2 Å². The van der Waals surface area contributed by atoms with Crippen LogP contribution >= 0.6 is 0 Å². The Morgan fingerprint density at radius 3 is 2.15 bits per heavy atom. The van der Waals surface area contributed by atoms with Crippen molar-refractivity contribution in [1.29, 1.82) is 0 Å². The average molecular weight is 400 g/mol. The van der Waals surface area contributed by atoms with Gasteiger partial charge >= 0.3 is 0 Å². The van der Waals surface area contributed by atoms with E-state index in [0.717, 1.165) is 31.5 Å². The van der Waals surface area contributed by atoms with E-state index in [9.17, 15) is 16.8 Å². The van der Waals surface area contributed by atoms with Crippen molar-refractivity contribution in [2.24, 2.45) is 5.92 Å². The van der Waals surface area contributed by atoms with Gasteiger partial charge in [-0.3, -0.25) is 4.90 Å². The van der Waals surface area contributed by atoms with E-state index in [4.69, 9.17) is 0 Å². The van der Waals surface area contributed by atoms with E-state index in [1.54, 1.807) is 12.1 Å². The number of nitrogens with zero attached hydrogens (tertiary/aromatic N) is 1. The lowest BCUT2D eigenvalue weighted by atomic mass is 9.98. The van der Waals surface area contributed by atoms with Crippen molar-refractivity contribution in [3.05, 3.63) is 29.8 Å². The Bertz CT molecular complexity index is 836. The highest BCUT2D eigenvalue weighted by molar-refractivity contribution is 7.96. The fourth-order valence-corrected chi connectivity index (χ4v) is 8.84. The molecule has 0 saturated carbocycles. The molecule has 2 aliphatic heterocycles. The van der Waals surface area contributed by atoms with Crippen LogP contribution < -0.4 is 0 Å². The van der Waals surface area contributed by atoms with Gasteiger partial charge in [0.1, 0.15) is 0 Å². The molecule has 2 fully saturated rings. The van der Waals surface area contributed by atoms with Gasteiger partial charge in [-0.05, 0) is 55.5 Å². The third-order valence-corrected chi connectivity index (χ3v) is 9.97. The van der Waals surface area contributed by atoms with Gasteiger partial charge < -0.3 is 0 Å². The van der Waals surface area contributed by atoms with E-state index < -0.39 is 31.0 Å². The van der Waals surface area contributed by atoms with Gasteiger partial charge in [-0.1, -0.05) is 32.9 Å². The second-order valence-electron chi connectivity index (χ2n) is 8.17. The summed E-state index contributed by atoms with van der Waals surface area (Å²) < 4.78 is 51.0. The molecule has 0 aromatic heterocycles. The molecule has 2 heterocycles. The number of hydrogen-bond donors (Lipinski definition) is 0. The van der Waals surface area contributed by atoms with E-state index in [1.165, 1.54) is 0 Å². The maximum atomic E-state index is 13.2. The quantitative estimate of drug-likeness (QED) is 0.778. The summed E-state index contributed by atoms with van der Waals surface area (Å²) in [5.41, 5.74) is 1.07. The van der Waals surface area contributed by atoms with Crippen LogP contribution in [-0.2, 0) is 19.7 Å². The lowest BCUT2D eigenvalue weighted by Gasteiger charge is -2.36. The first-order chi connectivity index (χ1) is 12.1. The summed E-state index contributed by atoms with van der Waals surface area (Å²) in [4.78, 5) is 2.33. The van der Waals surface area contributed by atoms with Crippen molar-refractivity contribution in [3.63, 3.8) is 0 Å². The molecule has 26 heavy (non-hydrogen) atoms. The number of sulfone groups is 2. The second kappa shape index (κ2) is 7.24. The maximum absolute atomic E-state index is 13.2. The number of piperidine rings is 1. The largest absolute Gasteiger partial charge is 0.298 e. The monoisotopic (exact) mass is 399 g/mol. The molecule has 2 saturated heterocycles. The van der Waals surface area contributed by atoms with Crippen molar-refractivity contribution in [2.45, 2.75) is 55.7 Å². The Hall–Kier alpha value is -0.920. The number of benzene rings is 1. The Morgan fingerprint density at radius 1 is 1.04 bits per heavy atom. The molecule has 5 nitrogen and oxygen atoms in total. The van der Waals surface area contributed by atoms with Gasteiger partial charge in [0.15, 0.2) is 19.7 Å². The standard InChI is InChI=1S/C19H29NO4S2/c1-14(2)16-4-6-17(7-5-16)26(23,24)19-13-25(21,22)12-18(19)20-10-8-15(3)9-11-20/h4-7,14-15,18-19H,8-13H2,1-3H3/t18-,19-/m0/s1. The zero-order valence-electron chi connectivity index (χ0n) is 15.8. The predicted molar refractivity (Wildman–Crippen MR) is 104 cm³/mol. The van der Waals surface area contributed by atoms with Gasteiger partial charge in [0.2, 0.25) is 0 Å². The Balaban J connectivity index is 1.90. The van der Waals surface area contributed by atoms with E-state index in [1.807, 2.05) is 12.1 Å². The zero-order chi connectivity index (χ0) is 19.1. The van der Waals surface area contributed by atoms with E-state index in [0.29, 0.717) is 11.8 Å². The van der Waals surface area contributed by atoms with Crippen molar-refractivity contribution < 1.29 is 16.8 Å². The summed E-state index contributed by atoms with van der Waals surface area (Å²) in [7, 11) is -7.03. The Morgan fingerprint density at radius 2 is 1.62 bits per heavy atom. The molecule has 0 bridgehead atoms. The highest BCUT2D eigenvalue weighted by Gasteiger charge is 2.48. The predicted octanol–water partition coefficient (Wildman–Crippen LogP) is 2.48. The van der Waals surface area contributed by atoms with Crippen LogP contribution in [-0.4, -0.2) is 57.6 Å². The molecular formula is C19H29NO4S2. The lowest BCUT2D eigenvalue weighted by molar-refractivity contribution is 0.151. The second-order valence-corrected chi connectivity index (χ2v) is 12.5. The van der Waals surface area contributed by atoms with E-state index in [-0.39, 0.29) is 16.4 Å². The summed E-state index contributed by atoms with van der Waals surface area (Å²) in [5, 5.41) is -0.870. The van der Waals surface area contributed by atoms with Crippen LogP contribution in [0.5, 0.6) is 0 Å². The smallest absolute Gasteiger partial charge is 0.183 e. The number of rotatable bonds is 4. The third kappa shape index (κ3) is 3.99. The van der Waals surface area contributed by atoms with Gasteiger partial charge in [-0.15, -0.1) is 0 Å². The van der Waals surface area contributed by atoms with Gasteiger partial charge in [-0.25, -0.2) is 16.8 Å². The summed E-state index contributed by atoms with van der Waals surface area (Å²) in [6.45, 7) is 7.85. The minimum Gasteiger partial charge on any atom is -0.298 e. The molecule has 0 N–H and O–H groups in total. The summed E-state index contributed by atoms with van der Waals surface area (Å²) in [5.74, 6) is 0.623. The average Bonchev–Trinajstić information content (AvgIpc) is 2.92. The zero-order valence-corrected chi connectivity index (χ0v) is 17.4. The minimum atomic E-state index is -3.69. The normalized spacial score (nSPS) is 27.8. The van der Waals surface area contributed by atoms with Crippen molar-refractivity contribution in [1.82, 2.24) is 4.90 Å². The van der Waals surface area contributed by atoms with E-state index in [2.05, 4.69) is 25.7 Å². The first kappa shape index (κ1) is 19.8. The molecule has 2 aliphatic rings. The first-order valence-corrected chi connectivity index (χ1v) is 12.8. The van der Waals surface area contributed by atoms with Crippen LogP contribution in [0.25, 0.3) is 0 Å². The summed E-state index contributed by atoms with van der Waals surface area (Å²) >= 11 is 0. The summed E-state index contributed by atoms with van der Waals surface area (Å²) in [6, 6.07) is 6.50. The van der Waals surface area contributed by atoms with Crippen LogP contribution in [0, 0.1) is 5.92 Å². The Labute approximate surface area is 157 Å². The van der Waals surface area contributed by atoms with Gasteiger partial charge in [-0.2, -0.15) is 0 Å². The highest BCUT2D eigenvalue weighted by atomic mass is 32.2. The number of hydrogen-bond acceptors (Lipinski definition) is 5. The van der Waals surface area contributed by atoms with Crippen LogP contribution in [0.1, 0.15) is 45.1 Å². The molecule has 1 aromatic carbocycles. The van der Waals surface area contributed by atoms with Crippen molar-refractivity contribution >= 4 is 19.7 Å². The molecule has 2 atom stereocenters. The van der Waals surface area contributed by atoms with Crippen LogP contribution in [0.4, 0.5) is 0 Å². The lowest BCUT2D eigenvalue weighted by Crippen LogP contribution is -2.49. The van der Waals surface area contributed by atoms with Gasteiger partial charge in [0.25, 0.3) is 0 Å². The van der Waals surface area contributed by atoms with Gasteiger partial charge in [0, 0.05) is 6.04 Å². The van der Waals surface area contributed by atoms with E-state index >= 15 is 0 Å². The highest BCUT2D eigenvalue weighted by Crippen LogP contribution is 2.32. The SMILES string of the molecule is CC1CCN([C@H]2CS(=O)(=O)C[C@@H]2S(=O)(=O)c2ccc(C(C)C)cc2)CC1. The molecule has 3 rings (SSSR count). The van der Waals surface area contributed by atoms with Crippen LogP contribution in [0.2, 0.25) is 0 Å². The number of likely N-dealkylation sites (tertiary alicyclic amines) is 1. The topological polar surface area (TPSA) is 71.5 Å². The fraction of sp³-hybridized carbons (Fsp3) is 0.684. The van der Waals surface area contributed by atoms with Gasteiger partial charge in [0.05, 0.1) is 21.7 Å². The molecule has 0 spiro atoms. The van der Waals surface area contributed by atoms with Crippen molar-refractivity contribution in [3.8, 4) is 0 Å². The third-order valence-electron chi connectivity index (χ3n) is 5.83. The molecule has 0 amide bonds. The Kier molecular flexibility index (Phi) is 5.53.